The normalized spacial score (nSPS) is 18.4. The van der Waals surface area contributed by atoms with Gasteiger partial charge in [0.15, 0.2) is 18.3 Å². The number of aromatic amines is 4. The fourth-order valence-electron chi connectivity index (χ4n) is 8.37. The van der Waals surface area contributed by atoms with Gasteiger partial charge in [0.2, 0.25) is 12.4 Å². The highest BCUT2D eigenvalue weighted by Gasteiger charge is 2.56. The molecular weight excluding hydrogens is 837 g/mol. The van der Waals surface area contributed by atoms with Gasteiger partial charge in [0.05, 0.1) is 0 Å². The Kier molecular flexibility index (Phi) is 12.3. The standard InChI is InChI=1S/C49H44N4O12/c54-40(20-17-28-23-50-36-13-5-1-9-32(28)36)61-43-44(62-41(55)21-18-29-24-51-37-14-6-2-10-33(29)37)46(63-42(56)22-19-30-25-52-38-15-7-3-11-34(30)38)48(64-45(43)47(57)58)65-49(59)60-27-31-26-53-39-16-8-4-12-35(31)39/h1-16,23-26,43-46,48,50-53H,17-22,27H2,(H,57,58)/t43-,44-,45-,46+,48-/m0/s1. The molecular formula is C49H44N4O12. The number of carboxylic acid groups (broad SMARTS) is 1. The fourth-order valence-corrected chi connectivity index (χ4v) is 8.37. The first-order valence-corrected chi connectivity index (χ1v) is 21.2. The molecule has 0 aliphatic carbocycles. The lowest BCUT2D eigenvalue weighted by molar-refractivity contribution is -0.292. The molecule has 332 valence electrons. The third-order valence-corrected chi connectivity index (χ3v) is 11.6. The van der Waals surface area contributed by atoms with Crippen molar-refractivity contribution < 1.29 is 57.5 Å². The molecule has 65 heavy (non-hydrogen) atoms. The van der Waals surface area contributed by atoms with Crippen LogP contribution in [-0.4, -0.2) is 85.8 Å². The summed E-state index contributed by atoms with van der Waals surface area (Å²) >= 11 is 0. The molecule has 0 saturated carbocycles. The first-order chi connectivity index (χ1) is 31.7. The summed E-state index contributed by atoms with van der Waals surface area (Å²) in [5.74, 6) is -4.16. The maximum atomic E-state index is 13.9. The summed E-state index contributed by atoms with van der Waals surface area (Å²) in [5.41, 5.74) is 6.46. The zero-order valence-corrected chi connectivity index (χ0v) is 34.8. The predicted octanol–water partition coefficient (Wildman–Crippen LogP) is 7.71. The second kappa shape index (κ2) is 18.9. The van der Waals surface area contributed by atoms with Crippen LogP contribution in [0.3, 0.4) is 0 Å². The maximum absolute atomic E-state index is 13.9. The van der Waals surface area contributed by atoms with Crippen LogP contribution in [0.2, 0.25) is 0 Å². The lowest BCUT2D eigenvalue weighted by atomic mass is 9.97. The molecule has 4 aromatic heterocycles. The second-order valence-corrected chi connectivity index (χ2v) is 15.7. The number of hydrogen-bond donors (Lipinski definition) is 5. The Balaban J connectivity index is 0.995. The van der Waals surface area contributed by atoms with Crippen molar-refractivity contribution in [1.82, 2.24) is 19.9 Å². The SMILES string of the molecule is O=C(CCc1c[nH]c2ccccc12)O[C@@H]1[C@@H](OC(=O)CCc2c[nH]c3ccccc23)[C@H](OC(=O)OCc2c[nH]c3ccccc23)O[C@H](C(=O)O)[C@H]1OC(=O)CCc1c[nH]c2ccccc12. The molecule has 1 saturated heterocycles. The first kappa shape index (κ1) is 42.5. The molecule has 0 unspecified atom stereocenters. The summed E-state index contributed by atoms with van der Waals surface area (Å²) in [4.78, 5) is 80.6. The van der Waals surface area contributed by atoms with Crippen molar-refractivity contribution in [3.05, 3.63) is 144 Å². The van der Waals surface area contributed by atoms with Crippen molar-refractivity contribution in [2.75, 3.05) is 0 Å². The van der Waals surface area contributed by atoms with E-state index in [4.69, 9.17) is 28.4 Å². The number of aryl methyl sites for hydroxylation is 3. The first-order valence-electron chi connectivity index (χ1n) is 21.2. The summed E-state index contributed by atoms with van der Waals surface area (Å²) in [7, 11) is 0. The van der Waals surface area contributed by atoms with Gasteiger partial charge >= 0.3 is 30.0 Å². The van der Waals surface area contributed by atoms with E-state index >= 15 is 0 Å². The van der Waals surface area contributed by atoms with E-state index in [1.807, 2.05) is 97.1 Å². The van der Waals surface area contributed by atoms with E-state index in [1.54, 1.807) is 24.8 Å². The molecule has 8 aromatic rings. The van der Waals surface area contributed by atoms with Gasteiger partial charge in [-0.15, -0.1) is 0 Å². The summed E-state index contributed by atoms with van der Waals surface area (Å²) in [5, 5.41) is 14.0. The Morgan fingerprint density at radius 1 is 0.477 bits per heavy atom. The Bertz CT molecular complexity index is 3020. The molecule has 0 radical (unpaired) electrons. The molecule has 16 heteroatoms. The number of rotatable bonds is 16. The molecule has 1 aliphatic rings. The average molecular weight is 881 g/mol. The summed E-state index contributed by atoms with van der Waals surface area (Å²) in [6, 6.07) is 30.0. The second-order valence-electron chi connectivity index (χ2n) is 15.7. The number of H-pyrrole nitrogens is 4. The molecule has 1 aliphatic heterocycles. The molecule has 1 fully saturated rings. The van der Waals surface area contributed by atoms with Gasteiger partial charge in [0.25, 0.3) is 0 Å². The quantitative estimate of drug-likeness (QED) is 0.0465. The van der Waals surface area contributed by atoms with Gasteiger partial charge in [0.1, 0.15) is 6.61 Å². The van der Waals surface area contributed by atoms with E-state index in [9.17, 15) is 29.1 Å². The number of carboxylic acids is 1. The van der Waals surface area contributed by atoms with Crippen molar-refractivity contribution in [3.8, 4) is 0 Å². The number of carbonyl (C=O) groups is 5. The minimum absolute atomic E-state index is 0.200. The molecule has 0 spiro atoms. The third-order valence-electron chi connectivity index (χ3n) is 11.6. The largest absolute Gasteiger partial charge is 0.511 e. The number of aromatic nitrogens is 4. The van der Waals surface area contributed by atoms with E-state index in [2.05, 4.69) is 19.9 Å². The number of hydrogen-bond acceptors (Lipinski definition) is 11. The number of benzene rings is 4. The molecule has 9 rings (SSSR count). The highest BCUT2D eigenvalue weighted by atomic mass is 16.8. The van der Waals surface area contributed by atoms with Crippen molar-refractivity contribution in [2.24, 2.45) is 0 Å². The van der Waals surface area contributed by atoms with Crippen LogP contribution in [0.5, 0.6) is 0 Å². The van der Waals surface area contributed by atoms with Gasteiger partial charge in [-0.25, -0.2) is 9.59 Å². The molecule has 0 bridgehead atoms. The Labute approximate surface area is 370 Å². The number of aliphatic carboxylic acids is 1. The van der Waals surface area contributed by atoms with E-state index in [0.717, 1.165) is 60.3 Å². The van der Waals surface area contributed by atoms with Crippen LogP contribution in [0, 0.1) is 0 Å². The molecule has 0 amide bonds. The van der Waals surface area contributed by atoms with Gasteiger partial charge in [0, 0.05) is 93.2 Å². The predicted molar refractivity (Wildman–Crippen MR) is 235 cm³/mol. The Morgan fingerprint density at radius 3 is 1.28 bits per heavy atom. The summed E-state index contributed by atoms with van der Waals surface area (Å²) < 4.78 is 34.7. The minimum Gasteiger partial charge on any atom is -0.479 e. The Morgan fingerprint density at radius 2 is 0.846 bits per heavy atom. The van der Waals surface area contributed by atoms with Crippen LogP contribution in [0.25, 0.3) is 43.6 Å². The monoisotopic (exact) mass is 880 g/mol. The van der Waals surface area contributed by atoms with E-state index in [0.29, 0.717) is 5.56 Å². The van der Waals surface area contributed by atoms with Gasteiger partial charge in [-0.3, -0.25) is 14.4 Å². The summed E-state index contributed by atoms with van der Waals surface area (Å²) in [6.45, 7) is -0.254. The molecule has 5 heterocycles. The Hall–Kier alpha value is -7.85. The van der Waals surface area contributed by atoms with E-state index in [-0.39, 0.29) is 45.1 Å². The highest BCUT2D eigenvalue weighted by Crippen LogP contribution is 2.32. The zero-order chi connectivity index (χ0) is 44.9. The molecule has 5 N–H and O–H groups in total. The van der Waals surface area contributed by atoms with E-state index in [1.165, 1.54) is 0 Å². The van der Waals surface area contributed by atoms with Crippen LogP contribution < -0.4 is 0 Å². The van der Waals surface area contributed by atoms with Gasteiger partial charge in [-0.1, -0.05) is 72.8 Å². The number of esters is 3. The van der Waals surface area contributed by atoms with Gasteiger partial charge in [-0.05, 0) is 60.2 Å². The third kappa shape index (κ3) is 9.43. The van der Waals surface area contributed by atoms with Gasteiger partial charge in [-0.2, -0.15) is 0 Å². The maximum Gasteiger partial charge on any atom is 0.511 e. The number of ether oxygens (including phenoxy) is 6. The van der Waals surface area contributed by atoms with E-state index < -0.39 is 60.7 Å². The van der Waals surface area contributed by atoms with Crippen LogP contribution in [0.4, 0.5) is 4.79 Å². The number of carbonyl (C=O) groups excluding carboxylic acids is 4. The lowest BCUT2D eigenvalue weighted by Crippen LogP contribution is -2.64. The molecule has 16 nitrogen and oxygen atoms in total. The molecule has 4 aromatic carbocycles. The molecule has 5 atom stereocenters. The number of nitrogens with one attached hydrogen (secondary N) is 4. The topological polar surface area (TPSA) is 224 Å². The van der Waals surface area contributed by atoms with Crippen molar-refractivity contribution in [3.63, 3.8) is 0 Å². The van der Waals surface area contributed by atoms with Crippen LogP contribution in [0.1, 0.15) is 41.5 Å². The van der Waals surface area contributed by atoms with Crippen LogP contribution >= 0.6 is 0 Å². The fraction of sp³-hybridized carbons (Fsp3) is 0.245. The lowest BCUT2D eigenvalue weighted by Gasteiger charge is -2.42. The number of para-hydroxylation sites is 4. The smallest absolute Gasteiger partial charge is 0.479 e. The van der Waals surface area contributed by atoms with Gasteiger partial charge < -0.3 is 53.5 Å². The summed E-state index contributed by atoms with van der Waals surface area (Å²) in [6.07, 6.45) is -3.90. The van der Waals surface area contributed by atoms with Crippen LogP contribution in [-0.2, 0) is 73.5 Å². The minimum atomic E-state index is -2.06. The van der Waals surface area contributed by atoms with Crippen LogP contribution in [0.15, 0.2) is 122 Å². The van der Waals surface area contributed by atoms with Crippen molar-refractivity contribution >= 4 is 73.6 Å². The highest BCUT2D eigenvalue weighted by molar-refractivity contribution is 5.86. The van der Waals surface area contributed by atoms with Crippen molar-refractivity contribution in [2.45, 2.75) is 75.8 Å². The average Bonchev–Trinajstić information content (AvgIpc) is 4.13. The zero-order valence-electron chi connectivity index (χ0n) is 34.8. The van der Waals surface area contributed by atoms with Crippen molar-refractivity contribution in [1.29, 1.82) is 0 Å². The number of fused-ring (bicyclic) bond motifs is 4.